The Bertz CT molecular complexity index is 320. The molecule has 0 saturated carbocycles. The van der Waals surface area contributed by atoms with Crippen molar-refractivity contribution in [3.8, 4) is 0 Å². The van der Waals surface area contributed by atoms with Crippen LogP contribution in [0, 0.1) is 6.92 Å². The van der Waals surface area contributed by atoms with Gasteiger partial charge in [-0.25, -0.2) is 10.5 Å². The summed E-state index contributed by atoms with van der Waals surface area (Å²) in [6.45, 7) is 10.5. The first kappa shape index (κ1) is 11.0. The molecule has 0 saturated heterocycles. The Morgan fingerprint density at radius 3 is 2.36 bits per heavy atom. The Kier molecular flexibility index (Phi) is 2.85. The number of nitrogen functional groups attached to an aromatic ring is 1. The molecular formula is C10H20N4. The zero-order chi connectivity index (χ0) is 10.9. The SMILES string of the molecule is CCc1c(C)nn(C(C)(C)C)c1NN. The van der Waals surface area contributed by atoms with Gasteiger partial charge in [-0.1, -0.05) is 6.92 Å². The third-order valence-electron chi connectivity index (χ3n) is 2.31. The Morgan fingerprint density at radius 1 is 1.43 bits per heavy atom. The van der Waals surface area contributed by atoms with Crippen LogP contribution in [-0.2, 0) is 12.0 Å². The second kappa shape index (κ2) is 3.61. The average Bonchev–Trinajstić information content (AvgIpc) is 2.40. The van der Waals surface area contributed by atoms with Crippen molar-refractivity contribution in [1.29, 1.82) is 0 Å². The molecular weight excluding hydrogens is 176 g/mol. The molecule has 1 aromatic heterocycles. The molecule has 1 rings (SSSR count). The summed E-state index contributed by atoms with van der Waals surface area (Å²) in [4.78, 5) is 0. The van der Waals surface area contributed by atoms with Crippen LogP contribution >= 0.6 is 0 Å². The molecule has 0 spiro atoms. The van der Waals surface area contributed by atoms with Crippen LogP contribution in [0.15, 0.2) is 0 Å². The first-order chi connectivity index (χ1) is 6.41. The summed E-state index contributed by atoms with van der Waals surface area (Å²) in [6.07, 6.45) is 0.946. The number of hydrogen-bond donors (Lipinski definition) is 2. The van der Waals surface area contributed by atoms with E-state index < -0.39 is 0 Å². The topological polar surface area (TPSA) is 55.9 Å². The monoisotopic (exact) mass is 196 g/mol. The average molecular weight is 196 g/mol. The summed E-state index contributed by atoms with van der Waals surface area (Å²) in [5, 5.41) is 4.50. The number of nitrogens with two attached hydrogens (primary N) is 1. The van der Waals surface area contributed by atoms with Crippen LogP contribution < -0.4 is 11.3 Å². The Labute approximate surface area is 85.5 Å². The van der Waals surface area contributed by atoms with Crippen molar-refractivity contribution in [3.05, 3.63) is 11.3 Å². The van der Waals surface area contributed by atoms with E-state index in [2.05, 4.69) is 38.2 Å². The van der Waals surface area contributed by atoms with Crippen molar-refractivity contribution in [2.75, 3.05) is 5.43 Å². The fourth-order valence-corrected chi connectivity index (χ4v) is 1.62. The highest BCUT2D eigenvalue weighted by molar-refractivity contribution is 5.47. The lowest BCUT2D eigenvalue weighted by Gasteiger charge is -2.22. The molecule has 0 aromatic carbocycles. The molecule has 0 fully saturated rings. The number of nitrogens with one attached hydrogen (secondary N) is 1. The van der Waals surface area contributed by atoms with Gasteiger partial charge in [-0.2, -0.15) is 5.10 Å². The smallest absolute Gasteiger partial charge is 0.142 e. The summed E-state index contributed by atoms with van der Waals surface area (Å²) in [6, 6.07) is 0. The van der Waals surface area contributed by atoms with Gasteiger partial charge >= 0.3 is 0 Å². The minimum Gasteiger partial charge on any atom is -0.308 e. The van der Waals surface area contributed by atoms with Crippen LogP contribution in [0.1, 0.15) is 39.0 Å². The van der Waals surface area contributed by atoms with Crippen molar-refractivity contribution in [3.63, 3.8) is 0 Å². The van der Waals surface area contributed by atoms with Gasteiger partial charge in [0.05, 0.1) is 11.2 Å². The molecule has 3 N–H and O–H groups in total. The quantitative estimate of drug-likeness (QED) is 0.560. The molecule has 0 radical (unpaired) electrons. The third kappa shape index (κ3) is 1.75. The van der Waals surface area contributed by atoms with E-state index in [1.807, 2.05) is 11.6 Å². The van der Waals surface area contributed by atoms with Gasteiger partial charge in [-0.05, 0) is 34.1 Å². The highest BCUT2D eigenvalue weighted by Crippen LogP contribution is 2.25. The second-order valence-electron chi connectivity index (χ2n) is 4.49. The predicted molar refractivity (Wildman–Crippen MR) is 59.1 cm³/mol. The van der Waals surface area contributed by atoms with Gasteiger partial charge in [0.1, 0.15) is 5.82 Å². The van der Waals surface area contributed by atoms with Gasteiger partial charge in [-0.15, -0.1) is 0 Å². The largest absolute Gasteiger partial charge is 0.308 e. The van der Waals surface area contributed by atoms with Gasteiger partial charge in [-0.3, -0.25) is 0 Å². The molecule has 80 valence electrons. The second-order valence-corrected chi connectivity index (χ2v) is 4.49. The van der Waals surface area contributed by atoms with Crippen molar-refractivity contribution in [1.82, 2.24) is 9.78 Å². The molecule has 0 amide bonds. The van der Waals surface area contributed by atoms with E-state index in [0.717, 1.165) is 17.9 Å². The first-order valence-electron chi connectivity index (χ1n) is 4.97. The van der Waals surface area contributed by atoms with Crippen LogP contribution in [0.4, 0.5) is 5.82 Å². The number of anilines is 1. The number of hydrogen-bond acceptors (Lipinski definition) is 3. The summed E-state index contributed by atoms with van der Waals surface area (Å²) in [7, 11) is 0. The van der Waals surface area contributed by atoms with E-state index in [1.165, 1.54) is 5.56 Å². The minimum atomic E-state index is -0.0418. The molecule has 0 aliphatic carbocycles. The molecule has 1 aromatic rings. The minimum absolute atomic E-state index is 0.0418. The zero-order valence-corrected chi connectivity index (χ0v) is 9.68. The van der Waals surface area contributed by atoms with Crippen molar-refractivity contribution < 1.29 is 0 Å². The first-order valence-corrected chi connectivity index (χ1v) is 4.97. The summed E-state index contributed by atoms with van der Waals surface area (Å²) >= 11 is 0. The van der Waals surface area contributed by atoms with Gasteiger partial charge in [0.2, 0.25) is 0 Å². The van der Waals surface area contributed by atoms with Crippen LogP contribution in [0.2, 0.25) is 0 Å². The Morgan fingerprint density at radius 2 is 2.00 bits per heavy atom. The fraction of sp³-hybridized carbons (Fsp3) is 0.700. The number of aromatic nitrogens is 2. The molecule has 14 heavy (non-hydrogen) atoms. The maximum absolute atomic E-state index is 5.53. The molecule has 4 heteroatoms. The van der Waals surface area contributed by atoms with E-state index in [-0.39, 0.29) is 5.54 Å². The molecule has 0 unspecified atom stereocenters. The molecule has 0 aliphatic rings. The van der Waals surface area contributed by atoms with Crippen LogP contribution in [0.3, 0.4) is 0 Å². The van der Waals surface area contributed by atoms with Gasteiger partial charge in [0.25, 0.3) is 0 Å². The van der Waals surface area contributed by atoms with Crippen molar-refractivity contribution in [2.24, 2.45) is 5.84 Å². The fourth-order valence-electron chi connectivity index (χ4n) is 1.62. The molecule has 1 heterocycles. The van der Waals surface area contributed by atoms with E-state index >= 15 is 0 Å². The molecule has 0 bridgehead atoms. The number of hydrazine groups is 1. The lowest BCUT2D eigenvalue weighted by molar-refractivity contribution is 0.359. The molecule has 4 nitrogen and oxygen atoms in total. The lowest BCUT2D eigenvalue weighted by Crippen LogP contribution is -2.27. The number of aryl methyl sites for hydroxylation is 1. The zero-order valence-electron chi connectivity index (χ0n) is 9.68. The van der Waals surface area contributed by atoms with Gasteiger partial charge in [0.15, 0.2) is 0 Å². The van der Waals surface area contributed by atoms with E-state index in [4.69, 9.17) is 5.84 Å². The standard InChI is InChI=1S/C10H20N4/c1-6-8-7(2)13-14(9(8)12-11)10(3,4)5/h12H,6,11H2,1-5H3. The third-order valence-corrected chi connectivity index (χ3v) is 2.31. The van der Waals surface area contributed by atoms with E-state index in [1.54, 1.807) is 0 Å². The highest BCUT2D eigenvalue weighted by Gasteiger charge is 2.21. The van der Waals surface area contributed by atoms with Gasteiger partial charge < -0.3 is 5.43 Å². The lowest BCUT2D eigenvalue weighted by atomic mass is 10.1. The van der Waals surface area contributed by atoms with Crippen molar-refractivity contribution >= 4 is 5.82 Å². The number of nitrogens with zero attached hydrogens (tertiary/aromatic N) is 2. The molecule has 0 aliphatic heterocycles. The van der Waals surface area contributed by atoms with Gasteiger partial charge in [0, 0.05) is 5.56 Å². The number of rotatable bonds is 2. The predicted octanol–water partition coefficient (Wildman–Crippen LogP) is 1.79. The summed E-state index contributed by atoms with van der Waals surface area (Å²) in [5.74, 6) is 6.45. The summed E-state index contributed by atoms with van der Waals surface area (Å²) < 4.78 is 1.95. The summed E-state index contributed by atoms with van der Waals surface area (Å²) in [5.41, 5.74) is 4.95. The Hall–Kier alpha value is -1.03. The van der Waals surface area contributed by atoms with Crippen LogP contribution in [0.25, 0.3) is 0 Å². The molecule has 0 atom stereocenters. The van der Waals surface area contributed by atoms with Crippen molar-refractivity contribution in [2.45, 2.75) is 46.6 Å². The highest BCUT2D eigenvalue weighted by atomic mass is 15.4. The maximum atomic E-state index is 5.53. The van der Waals surface area contributed by atoms with E-state index in [9.17, 15) is 0 Å². The maximum Gasteiger partial charge on any atom is 0.142 e. The normalized spacial score (nSPS) is 11.9. The van der Waals surface area contributed by atoms with Crippen LogP contribution in [-0.4, -0.2) is 9.78 Å². The Balaban J connectivity index is 3.31. The van der Waals surface area contributed by atoms with Crippen LogP contribution in [0.5, 0.6) is 0 Å². The van der Waals surface area contributed by atoms with E-state index in [0.29, 0.717) is 0 Å².